The highest BCUT2D eigenvalue weighted by molar-refractivity contribution is 4.99. The lowest BCUT2D eigenvalue weighted by atomic mass is 10.0. The van der Waals surface area contributed by atoms with E-state index < -0.39 is 0 Å². The molecule has 0 aromatic carbocycles. The Morgan fingerprint density at radius 1 is 1.75 bits per heavy atom. The van der Waals surface area contributed by atoms with Crippen molar-refractivity contribution in [3.63, 3.8) is 0 Å². The third-order valence-corrected chi connectivity index (χ3v) is 2.71. The summed E-state index contributed by atoms with van der Waals surface area (Å²) in [7, 11) is 0. The highest BCUT2D eigenvalue weighted by atomic mass is 14.7. The Bertz CT molecular complexity index is 78.9. The molecule has 8 heavy (non-hydrogen) atoms. The fraction of sp³-hybridized carbons (Fsp3) is 1.00. The number of rotatable bonds is 2. The van der Waals surface area contributed by atoms with Gasteiger partial charge in [0.05, 0.1) is 0 Å². The van der Waals surface area contributed by atoms with Crippen LogP contribution in [0.2, 0.25) is 0 Å². The second-order valence-corrected chi connectivity index (χ2v) is 3.03. The zero-order valence-electron chi connectivity index (χ0n) is 5.78. The fourth-order valence-electron chi connectivity index (χ4n) is 1.47. The maximum atomic E-state index is 5.57. The second kappa shape index (κ2) is 1.73. The largest absolute Gasteiger partial charge is 0.330 e. The van der Waals surface area contributed by atoms with Crippen molar-refractivity contribution in [1.29, 1.82) is 0 Å². The van der Waals surface area contributed by atoms with E-state index in [1.807, 2.05) is 0 Å². The summed E-state index contributed by atoms with van der Waals surface area (Å²) in [5, 5.41) is 0. The van der Waals surface area contributed by atoms with E-state index in [1.54, 1.807) is 0 Å². The molecular formula is C7H15N. The van der Waals surface area contributed by atoms with E-state index in [2.05, 4.69) is 13.8 Å². The summed E-state index contributed by atoms with van der Waals surface area (Å²) in [5.74, 6) is 0.900. The number of hydrogen-bond donors (Lipinski definition) is 1. The summed E-state index contributed by atoms with van der Waals surface area (Å²) in [4.78, 5) is 0. The first kappa shape index (κ1) is 6.09. The van der Waals surface area contributed by atoms with E-state index in [0.717, 1.165) is 12.5 Å². The second-order valence-electron chi connectivity index (χ2n) is 3.03. The average molecular weight is 113 g/mol. The molecule has 1 rings (SSSR count). The van der Waals surface area contributed by atoms with Gasteiger partial charge in [-0.3, -0.25) is 0 Å². The highest BCUT2D eigenvalue weighted by Gasteiger charge is 2.47. The van der Waals surface area contributed by atoms with E-state index in [4.69, 9.17) is 5.73 Å². The standard InChI is InChI=1S/C7H15N/c1-3-7(5-8)4-6(7)2/h6H,3-5,8H2,1-2H3. The van der Waals surface area contributed by atoms with Gasteiger partial charge in [-0.1, -0.05) is 13.8 Å². The van der Waals surface area contributed by atoms with Crippen LogP contribution in [0.25, 0.3) is 0 Å². The summed E-state index contributed by atoms with van der Waals surface area (Å²) >= 11 is 0. The SMILES string of the molecule is CCC1(CN)CC1C. The molecule has 48 valence electrons. The summed E-state index contributed by atoms with van der Waals surface area (Å²) < 4.78 is 0. The molecule has 0 spiro atoms. The normalized spacial score (nSPS) is 44.6. The van der Waals surface area contributed by atoms with Crippen molar-refractivity contribution in [2.24, 2.45) is 17.1 Å². The van der Waals surface area contributed by atoms with Gasteiger partial charge in [-0.15, -0.1) is 0 Å². The van der Waals surface area contributed by atoms with Gasteiger partial charge in [0.2, 0.25) is 0 Å². The first-order valence-corrected chi connectivity index (χ1v) is 3.45. The van der Waals surface area contributed by atoms with Crippen LogP contribution in [-0.4, -0.2) is 6.54 Å². The Labute approximate surface area is 51.3 Å². The minimum absolute atomic E-state index is 0.569. The molecule has 1 aliphatic carbocycles. The van der Waals surface area contributed by atoms with Crippen molar-refractivity contribution in [2.45, 2.75) is 26.7 Å². The summed E-state index contributed by atoms with van der Waals surface area (Å²) in [6, 6.07) is 0. The molecule has 0 amide bonds. The molecule has 0 aromatic rings. The van der Waals surface area contributed by atoms with Crippen molar-refractivity contribution in [2.75, 3.05) is 6.54 Å². The van der Waals surface area contributed by atoms with Gasteiger partial charge in [0.25, 0.3) is 0 Å². The first-order valence-electron chi connectivity index (χ1n) is 3.45. The van der Waals surface area contributed by atoms with E-state index >= 15 is 0 Å². The lowest BCUT2D eigenvalue weighted by Crippen LogP contribution is -2.15. The molecule has 2 atom stereocenters. The van der Waals surface area contributed by atoms with Crippen molar-refractivity contribution >= 4 is 0 Å². The van der Waals surface area contributed by atoms with Crippen molar-refractivity contribution in [1.82, 2.24) is 0 Å². The van der Waals surface area contributed by atoms with Crippen LogP contribution in [0, 0.1) is 11.3 Å². The molecule has 0 heterocycles. The molecule has 0 radical (unpaired) electrons. The monoisotopic (exact) mass is 113 g/mol. The van der Waals surface area contributed by atoms with Crippen LogP contribution < -0.4 is 5.73 Å². The van der Waals surface area contributed by atoms with Crippen LogP contribution in [0.15, 0.2) is 0 Å². The van der Waals surface area contributed by atoms with Gasteiger partial charge >= 0.3 is 0 Å². The Hall–Kier alpha value is -0.0400. The predicted octanol–water partition coefficient (Wildman–Crippen LogP) is 1.38. The molecule has 2 N–H and O–H groups in total. The molecule has 2 unspecified atom stereocenters. The summed E-state index contributed by atoms with van der Waals surface area (Å²) in [6.45, 7) is 5.41. The fourth-order valence-corrected chi connectivity index (χ4v) is 1.47. The van der Waals surface area contributed by atoms with Gasteiger partial charge in [0, 0.05) is 0 Å². The third-order valence-electron chi connectivity index (χ3n) is 2.71. The third kappa shape index (κ3) is 0.655. The molecule has 1 fully saturated rings. The number of hydrogen-bond acceptors (Lipinski definition) is 1. The molecule has 1 heteroatoms. The first-order chi connectivity index (χ1) is 3.75. The zero-order chi connectivity index (χ0) is 6.20. The smallest absolute Gasteiger partial charge is 0.00180 e. The van der Waals surface area contributed by atoms with Crippen LogP contribution >= 0.6 is 0 Å². The van der Waals surface area contributed by atoms with E-state index in [1.165, 1.54) is 12.8 Å². The molecule has 1 saturated carbocycles. The average Bonchev–Trinajstić information content (AvgIpc) is 2.43. The van der Waals surface area contributed by atoms with E-state index in [0.29, 0.717) is 5.41 Å². The van der Waals surface area contributed by atoms with Crippen molar-refractivity contribution in [3.05, 3.63) is 0 Å². The predicted molar refractivity (Wildman–Crippen MR) is 35.6 cm³/mol. The quantitative estimate of drug-likeness (QED) is 0.575. The number of nitrogens with two attached hydrogens (primary N) is 1. The van der Waals surface area contributed by atoms with Crippen molar-refractivity contribution in [3.8, 4) is 0 Å². The van der Waals surface area contributed by atoms with Gasteiger partial charge in [-0.2, -0.15) is 0 Å². The van der Waals surface area contributed by atoms with Crippen LogP contribution in [0.3, 0.4) is 0 Å². The molecule has 1 aliphatic rings. The maximum Gasteiger partial charge on any atom is -0.00180 e. The molecule has 0 saturated heterocycles. The summed E-state index contributed by atoms with van der Waals surface area (Å²) in [5.41, 5.74) is 6.14. The molecule has 0 aromatic heterocycles. The van der Waals surface area contributed by atoms with Crippen molar-refractivity contribution < 1.29 is 0 Å². The van der Waals surface area contributed by atoms with Crippen LogP contribution in [-0.2, 0) is 0 Å². The minimum Gasteiger partial charge on any atom is -0.330 e. The van der Waals surface area contributed by atoms with Crippen LogP contribution in [0.1, 0.15) is 26.7 Å². The lowest BCUT2D eigenvalue weighted by molar-refractivity contribution is 0.462. The summed E-state index contributed by atoms with van der Waals surface area (Å²) in [6.07, 6.45) is 2.63. The Balaban J connectivity index is 2.39. The Kier molecular flexibility index (Phi) is 1.31. The molecule has 0 bridgehead atoms. The Morgan fingerprint density at radius 3 is 2.25 bits per heavy atom. The van der Waals surface area contributed by atoms with Gasteiger partial charge in [-0.05, 0) is 30.7 Å². The zero-order valence-corrected chi connectivity index (χ0v) is 5.78. The minimum atomic E-state index is 0.569. The van der Waals surface area contributed by atoms with Gasteiger partial charge in [0.1, 0.15) is 0 Å². The van der Waals surface area contributed by atoms with Gasteiger partial charge < -0.3 is 5.73 Å². The van der Waals surface area contributed by atoms with Gasteiger partial charge in [-0.25, -0.2) is 0 Å². The van der Waals surface area contributed by atoms with Crippen LogP contribution in [0.5, 0.6) is 0 Å². The van der Waals surface area contributed by atoms with Crippen LogP contribution in [0.4, 0.5) is 0 Å². The molecule has 1 nitrogen and oxygen atoms in total. The van der Waals surface area contributed by atoms with E-state index in [-0.39, 0.29) is 0 Å². The molecular weight excluding hydrogens is 98.1 g/mol. The maximum absolute atomic E-state index is 5.57. The highest BCUT2D eigenvalue weighted by Crippen LogP contribution is 2.53. The Morgan fingerprint density at radius 2 is 2.25 bits per heavy atom. The topological polar surface area (TPSA) is 26.0 Å². The lowest BCUT2D eigenvalue weighted by Gasteiger charge is -2.07. The van der Waals surface area contributed by atoms with E-state index in [9.17, 15) is 0 Å². The van der Waals surface area contributed by atoms with Gasteiger partial charge in [0.15, 0.2) is 0 Å². The molecule has 0 aliphatic heterocycles.